The van der Waals surface area contributed by atoms with Crippen LogP contribution >= 0.6 is 11.8 Å². The lowest BCUT2D eigenvalue weighted by atomic mass is 10.2. The van der Waals surface area contributed by atoms with Gasteiger partial charge < -0.3 is 11.1 Å². The van der Waals surface area contributed by atoms with Crippen LogP contribution in [0.4, 0.5) is 20.2 Å². The maximum absolute atomic E-state index is 13.0. The maximum Gasteiger partial charge on any atom is 0.234 e. The number of amides is 1. The van der Waals surface area contributed by atoms with Crippen LogP contribution in [0.5, 0.6) is 0 Å². The van der Waals surface area contributed by atoms with Gasteiger partial charge in [0.25, 0.3) is 0 Å². The number of carbonyl (C=O) groups is 1. The van der Waals surface area contributed by atoms with Crippen molar-refractivity contribution in [3.05, 3.63) is 53.6 Å². The third kappa shape index (κ3) is 4.19. The van der Waals surface area contributed by atoms with Gasteiger partial charge in [0.2, 0.25) is 5.91 Å². The summed E-state index contributed by atoms with van der Waals surface area (Å²) in [4.78, 5) is 12.6. The number of benzene rings is 2. The van der Waals surface area contributed by atoms with Gasteiger partial charge in [-0.3, -0.25) is 4.79 Å². The Morgan fingerprint density at radius 2 is 1.95 bits per heavy atom. The third-order valence-electron chi connectivity index (χ3n) is 2.73. The molecule has 110 valence electrons. The van der Waals surface area contributed by atoms with Gasteiger partial charge in [0, 0.05) is 22.3 Å². The first-order valence-corrected chi connectivity index (χ1v) is 7.18. The van der Waals surface area contributed by atoms with Crippen molar-refractivity contribution in [3.8, 4) is 0 Å². The molecule has 0 fully saturated rings. The molecule has 0 aliphatic carbocycles. The number of halogens is 2. The minimum atomic E-state index is -0.997. The van der Waals surface area contributed by atoms with Crippen molar-refractivity contribution in [2.75, 3.05) is 16.8 Å². The van der Waals surface area contributed by atoms with Gasteiger partial charge in [0.05, 0.1) is 5.75 Å². The molecule has 0 aliphatic heterocycles. The Balaban J connectivity index is 1.94. The van der Waals surface area contributed by atoms with E-state index in [0.717, 1.165) is 22.6 Å². The molecule has 0 bridgehead atoms. The molecule has 0 spiro atoms. The second-order valence-electron chi connectivity index (χ2n) is 4.51. The number of aryl methyl sites for hydroxylation is 1. The van der Waals surface area contributed by atoms with Crippen LogP contribution < -0.4 is 11.1 Å². The minimum absolute atomic E-state index is 0.131. The van der Waals surface area contributed by atoms with E-state index in [4.69, 9.17) is 5.73 Å². The van der Waals surface area contributed by atoms with Gasteiger partial charge in [-0.15, -0.1) is 11.8 Å². The van der Waals surface area contributed by atoms with Crippen molar-refractivity contribution in [1.29, 1.82) is 0 Å². The van der Waals surface area contributed by atoms with Crippen LogP contribution in [-0.4, -0.2) is 11.7 Å². The summed E-state index contributed by atoms with van der Waals surface area (Å²) in [5.41, 5.74) is 7.73. The van der Waals surface area contributed by atoms with Crippen LogP contribution in [0, 0.1) is 18.6 Å². The van der Waals surface area contributed by atoms with Crippen LogP contribution in [0.2, 0.25) is 0 Å². The first kappa shape index (κ1) is 15.3. The monoisotopic (exact) mass is 308 g/mol. The summed E-state index contributed by atoms with van der Waals surface area (Å²) in [6.45, 7) is 1.93. The molecule has 0 heterocycles. The number of nitrogen functional groups attached to an aromatic ring is 1. The van der Waals surface area contributed by atoms with Crippen molar-refractivity contribution >= 4 is 29.0 Å². The van der Waals surface area contributed by atoms with Crippen LogP contribution in [0.25, 0.3) is 0 Å². The van der Waals surface area contributed by atoms with Gasteiger partial charge in [-0.1, -0.05) is 6.07 Å². The highest BCUT2D eigenvalue weighted by Gasteiger charge is 2.08. The molecule has 1 amide bonds. The summed E-state index contributed by atoms with van der Waals surface area (Å²) in [5, 5.41) is 2.50. The van der Waals surface area contributed by atoms with Gasteiger partial charge in [-0.2, -0.15) is 0 Å². The van der Waals surface area contributed by atoms with Crippen molar-refractivity contribution < 1.29 is 13.6 Å². The van der Waals surface area contributed by atoms with E-state index in [1.165, 1.54) is 17.8 Å². The summed E-state index contributed by atoms with van der Waals surface area (Å²) in [7, 11) is 0. The van der Waals surface area contributed by atoms with Crippen molar-refractivity contribution in [2.45, 2.75) is 11.8 Å². The summed E-state index contributed by atoms with van der Waals surface area (Å²) >= 11 is 1.29. The fraction of sp³-hybridized carbons (Fsp3) is 0.133. The number of anilines is 2. The number of nitrogens with two attached hydrogens (primary N) is 1. The van der Waals surface area contributed by atoms with Crippen LogP contribution in [0.1, 0.15) is 5.56 Å². The second kappa shape index (κ2) is 6.58. The zero-order valence-electron chi connectivity index (χ0n) is 11.3. The first-order chi connectivity index (χ1) is 9.95. The van der Waals surface area contributed by atoms with E-state index in [9.17, 15) is 13.6 Å². The Labute approximate surface area is 125 Å². The van der Waals surface area contributed by atoms with Gasteiger partial charge in [-0.05, 0) is 36.8 Å². The third-order valence-corrected chi connectivity index (χ3v) is 3.82. The topological polar surface area (TPSA) is 55.1 Å². The normalized spacial score (nSPS) is 10.4. The summed E-state index contributed by atoms with van der Waals surface area (Å²) in [5.74, 6) is -2.13. The average molecular weight is 308 g/mol. The zero-order valence-corrected chi connectivity index (χ0v) is 12.1. The highest BCUT2D eigenvalue weighted by atomic mass is 32.2. The molecule has 0 radical (unpaired) electrons. The summed E-state index contributed by atoms with van der Waals surface area (Å²) in [6.07, 6.45) is 0. The molecule has 2 aromatic carbocycles. The summed E-state index contributed by atoms with van der Waals surface area (Å²) < 4.78 is 25.8. The van der Waals surface area contributed by atoms with Gasteiger partial charge in [-0.25, -0.2) is 8.78 Å². The zero-order chi connectivity index (χ0) is 15.4. The number of thioether (sulfide) groups is 1. The Morgan fingerprint density at radius 3 is 2.62 bits per heavy atom. The summed E-state index contributed by atoms with van der Waals surface area (Å²) in [6, 6.07) is 8.80. The lowest BCUT2D eigenvalue weighted by Gasteiger charge is -2.07. The molecule has 21 heavy (non-hydrogen) atoms. The molecule has 0 saturated heterocycles. The molecule has 0 atom stereocenters. The van der Waals surface area contributed by atoms with E-state index in [2.05, 4.69) is 5.32 Å². The van der Waals surface area contributed by atoms with Crippen molar-refractivity contribution in [3.63, 3.8) is 0 Å². The predicted molar refractivity (Wildman–Crippen MR) is 81.3 cm³/mol. The quantitative estimate of drug-likeness (QED) is 0.670. The van der Waals surface area contributed by atoms with E-state index in [0.29, 0.717) is 5.69 Å². The molecule has 2 aromatic rings. The van der Waals surface area contributed by atoms with Crippen molar-refractivity contribution in [1.82, 2.24) is 0 Å². The van der Waals surface area contributed by atoms with Crippen molar-refractivity contribution in [2.24, 2.45) is 0 Å². The van der Waals surface area contributed by atoms with E-state index < -0.39 is 11.6 Å². The standard InChI is InChI=1S/C15H14F2N2OS/c1-9-2-5-14(13(18)6-9)21-8-15(20)19-10-3-4-11(16)12(17)7-10/h2-7H,8,18H2,1H3,(H,19,20). The number of nitrogens with one attached hydrogen (secondary N) is 1. The maximum atomic E-state index is 13.0. The molecule has 0 aliphatic rings. The van der Waals surface area contributed by atoms with Gasteiger partial charge >= 0.3 is 0 Å². The Kier molecular flexibility index (Phi) is 4.80. The number of carbonyl (C=O) groups excluding carboxylic acids is 1. The van der Waals surface area contributed by atoms with E-state index in [-0.39, 0.29) is 17.3 Å². The Bertz CT molecular complexity index is 677. The molecular formula is C15H14F2N2OS. The van der Waals surface area contributed by atoms with Crippen LogP contribution in [-0.2, 0) is 4.79 Å². The molecule has 0 unspecified atom stereocenters. The predicted octanol–water partition coefficient (Wildman–Crippen LogP) is 3.59. The molecule has 3 N–H and O–H groups in total. The lowest BCUT2D eigenvalue weighted by Crippen LogP contribution is -2.14. The van der Waals surface area contributed by atoms with E-state index >= 15 is 0 Å². The molecule has 6 heteroatoms. The minimum Gasteiger partial charge on any atom is -0.398 e. The van der Waals surface area contributed by atoms with E-state index in [1.807, 2.05) is 25.1 Å². The fourth-order valence-electron chi connectivity index (χ4n) is 1.71. The highest BCUT2D eigenvalue weighted by Crippen LogP contribution is 2.25. The van der Waals surface area contributed by atoms with E-state index in [1.54, 1.807) is 0 Å². The Hall–Kier alpha value is -2.08. The van der Waals surface area contributed by atoms with Crippen LogP contribution in [0.3, 0.4) is 0 Å². The lowest BCUT2D eigenvalue weighted by molar-refractivity contribution is -0.113. The number of hydrogen-bond donors (Lipinski definition) is 2. The molecule has 0 saturated carbocycles. The smallest absolute Gasteiger partial charge is 0.234 e. The second-order valence-corrected chi connectivity index (χ2v) is 5.52. The molecule has 0 aromatic heterocycles. The number of hydrogen-bond acceptors (Lipinski definition) is 3. The average Bonchev–Trinajstić information content (AvgIpc) is 2.42. The van der Waals surface area contributed by atoms with Gasteiger partial charge in [0.1, 0.15) is 0 Å². The Morgan fingerprint density at radius 1 is 1.19 bits per heavy atom. The highest BCUT2D eigenvalue weighted by molar-refractivity contribution is 8.00. The molecule has 3 nitrogen and oxygen atoms in total. The van der Waals surface area contributed by atoms with Gasteiger partial charge in [0.15, 0.2) is 11.6 Å². The molecule has 2 rings (SSSR count). The van der Waals surface area contributed by atoms with Crippen LogP contribution in [0.15, 0.2) is 41.3 Å². The fourth-order valence-corrected chi connectivity index (χ4v) is 2.46. The largest absolute Gasteiger partial charge is 0.398 e. The first-order valence-electron chi connectivity index (χ1n) is 6.19. The molecular weight excluding hydrogens is 294 g/mol. The number of rotatable bonds is 4. The SMILES string of the molecule is Cc1ccc(SCC(=O)Nc2ccc(F)c(F)c2)c(N)c1.